The van der Waals surface area contributed by atoms with Crippen molar-refractivity contribution < 1.29 is 14.7 Å². The summed E-state index contributed by atoms with van der Waals surface area (Å²) in [5.41, 5.74) is 0. The fourth-order valence-corrected chi connectivity index (χ4v) is 3.32. The molecule has 0 bridgehead atoms. The van der Waals surface area contributed by atoms with Gasteiger partial charge in [-0.3, -0.25) is 9.59 Å². The van der Waals surface area contributed by atoms with Gasteiger partial charge in [-0.05, 0) is 33.1 Å². The number of carbonyl (C=O) groups excluding carboxylic acids is 1. The fraction of sp³-hybridized carbons (Fsp3) is 0.818. The summed E-state index contributed by atoms with van der Waals surface area (Å²) >= 11 is 0. The molecule has 0 aromatic carbocycles. The fourth-order valence-electron chi connectivity index (χ4n) is 3.32. The number of allylic oxidation sites excluding steroid dienone is 1. The first-order chi connectivity index (χ1) is 12.6. The Balaban J connectivity index is 3.70. The Bertz CT molecular complexity index is 378. The molecule has 1 amide bonds. The molecular weight excluding hydrogens is 326 g/mol. The number of carboxylic acids is 1. The van der Waals surface area contributed by atoms with Gasteiger partial charge < -0.3 is 10.0 Å². The van der Waals surface area contributed by atoms with Crippen molar-refractivity contribution in [3.63, 3.8) is 0 Å². The normalized spacial score (nSPS) is 11.9. The highest BCUT2D eigenvalue weighted by atomic mass is 16.4. The highest BCUT2D eigenvalue weighted by molar-refractivity contribution is 5.82. The van der Waals surface area contributed by atoms with Crippen LogP contribution in [-0.2, 0) is 9.59 Å². The lowest BCUT2D eigenvalue weighted by atomic mass is 9.96. The van der Waals surface area contributed by atoms with Crippen LogP contribution in [0.25, 0.3) is 0 Å². The van der Waals surface area contributed by atoms with E-state index >= 15 is 0 Å². The standard InChI is InChI=1S/C22H41NO3/c1-4-7-8-9-10-11-12-13-14-15-16-17-18-20(22(25)26)19-21(24)23(5-2)6-3/h4,20H,1,5-19H2,2-3H3,(H,25,26). The first-order valence-electron chi connectivity index (χ1n) is 10.7. The molecule has 26 heavy (non-hydrogen) atoms. The average Bonchev–Trinajstić information content (AvgIpc) is 2.62. The van der Waals surface area contributed by atoms with E-state index in [2.05, 4.69) is 6.58 Å². The highest BCUT2D eigenvalue weighted by Crippen LogP contribution is 2.18. The van der Waals surface area contributed by atoms with Crippen LogP contribution in [0.5, 0.6) is 0 Å². The molecule has 0 saturated carbocycles. The largest absolute Gasteiger partial charge is 0.481 e. The zero-order chi connectivity index (χ0) is 19.6. The average molecular weight is 368 g/mol. The molecule has 1 atom stereocenters. The highest BCUT2D eigenvalue weighted by Gasteiger charge is 2.22. The second-order valence-electron chi connectivity index (χ2n) is 7.21. The predicted molar refractivity (Wildman–Crippen MR) is 109 cm³/mol. The third-order valence-corrected chi connectivity index (χ3v) is 5.10. The summed E-state index contributed by atoms with van der Waals surface area (Å²) < 4.78 is 0. The first-order valence-corrected chi connectivity index (χ1v) is 10.7. The minimum absolute atomic E-state index is 0.0320. The lowest BCUT2D eigenvalue weighted by molar-refractivity contribution is -0.146. The van der Waals surface area contributed by atoms with Crippen molar-refractivity contribution in [2.75, 3.05) is 13.1 Å². The van der Waals surface area contributed by atoms with Gasteiger partial charge >= 0.3 is 5.97 Å². The van der Waals surface area contributed by atoms with Crippen molar-refractivity contribution in [2.24, 2.45) is 5.92 Å². The molecule has 0 aliphatic carbocycles. The molecule has 4 heteroatoms. The van der Waals surface area contributed by atoms with Crippen molar-refractivity contribution in [1.82, 2.24) is 4.90 Å². The molecule has 0 fully saturated rings. The molecule has 0 rings (SSSR count). The van der Waals surface area contributed by atoms with Gasteiger partial charge in [0, 0.05) is 19.5 Å². The smallest absolute Gasteiger partial charge is 0.307 e. The molecule has 152 valence electrons. The molecule has 0 heterocycles. The van der Waals surface area contributed by atoms with E-state index in [1.54, 1.807) is 4.90 Å². The van der Waals surface area contributed by atoms with E-state index < -0.39 is 11.9 Å². The number of rotatable bonds is 18. The summed E-state index contributed by atoms with van der Waals surface area (Å²) in [6.45, 7) is 8.90. The summed E-state index contributed by atoms with van der Waals surface area (Å²) in [6, 6.07) is 0. The van der Waals surface area contributed by atoms with Crippen LogP contribution in [-0.4, -0.2) is 35.0 Å². The Morgan fingerprint density at radius 3 is 1.77 bits per heavy atom. The van der Waals surface area contributed by atoms with E-state index in [1.165, 1.54) is 51.4 Å². The van der Waals surface area contributed by atoms with Crippen LogP contribution in [0.4, 0.5) is 0 Å². The van der Waals surface area contributed by atoms with Gasteiger partial charge in [-0.1, -0.05) is 63.9 Å². The molecule has 0 aliphatic heterocycles. The molecule has 0 aliphatic rings. The topological polar surface area (TPSA) is 57.6 Å². The van der Waals surface area contributed by atoms with Crippen LogP contribution < -0.4 is 0 Å². The summed E-state index contributed by atoms with van der Waals surface area (Å²) in [7, 11) is 0. The van der Waals surface area contributed by atoms with Crippen molar-refractivity contribution in [3.8, 4) is 0 Å². The van der Waals surface area contributed by atoms with E-state index in [-0.39, 0.29) is 12.3 Å². The van der Waals surface area contributed by atoms with Crippen molar-refractivity contribution in [1.29, 1.82) is 0 Å². The molecule has 0 saturated heterocycles. The van der Waals surface area contributed by atoms with Gasteiger partial charge in [0.05, 0.1) is 5.92 Å². The van der Waals surface area contributed by atoms with Crippen LogP contribution in [0.1, 0.15) is 97.3 Å². The second kappa shape index (κ2) is 17.1. The number of nitrogens with zero attached hydrogens (tertiary/aromatic N) is 1. The summed E-state index contributed by atoms with van der Waals surface area (Å²) in [5, 5.41) is 9.35. The number of aliphatic carboxylic acids is 1. The third kappa shape index (κ3) is 13.0. The number of unbranched alkanes of at least 4 members (excludes halogenated alkanes) is 10. The SMILES string of the molecule is C=CCCCCCCCCCCCCC(CC(=O)N(CC)CC)C(=O)O. The van der Waals surface area contributed by atoms with Crippen molar-refractivity contribution >= 4 is 11.9 Å². The van der Waals surface area contributed by atoms with Crippen LogP contribution in [0.15, 0.2) is 12.7 Å². The van der Waals surface area contributed by atoms with Crippen LogP contribution in [0.3, 0.4) is 0 Å². The monoisotopic (exact) mass is 367 g/mol. The van der Waals surface area contributed by atoms with Crippen molar-refractivity contribution in [3.05, 3.63) is 12.7 Å². The minimum atomic E-state index is -0.832. The maximum atomic E-state index is 12.1. The van der Waals surface area contributed by atoms with E-state index in [0.717, 1.165) is 19.3 Å². The zero-order valence-corrected chi connectivity index (χ0v) is 17.2. The van der Waals surface area contributed by atoms with E-state index in [0.29, 0.717) is 19.5 Å². The van der Waals surface area contributed by atoms with Gasteiger partial charge in [-0.2, -0.15) is 0 Å². The van der Waals surface area contributed by atoms with Crippen LogP contribution in [0.2, 0.25) is 0 Å². The van der Waals surface area contributed by atoms with E-state index in [9.17, 15) is 14.7 Å². The summed E-state index contributed by atoms with van der Waals surface area (Å²) in [4.78, 5) is 25.2. The Labute approximate surface area is 161 Å². The lowest BCUT2D eigenvalue weighted by Crippen LogP contribution is -2.33. The number of hydrogen-bond donors (Lipinski definition) is 1. The lowest BCUT2D eigenvalue weighted by Gasteiger charge is -2.21. The number of amides is 1. The molecular formula is C22H41NO3. The molecule has 1 N–H and O–H groups in total. The Hall–Kier alpha value is -1.32. The minimum Gasteiger partial charge on any atom is -0.481 e. The Morgan fingerprint density at radius 1 is 0.885 bits per heavy atom. The van der Waals surface area contributed by atoms with Crippen LogP contribution in [0, 0.1) is 5.92 Å². The van der Waals surface area contributed by atoms with Gasteiger partial charge in [0.15, 0.2) is 0 Å². The second-order valence-corrected chi connectivity index (χ2v) is 7.21. The molecule has 4 nitrogen and oxygen atoms in total. The molecule has 0 aromatic rings. The number of carbonyl (C=O) groups is 2. The van der Waals surface area contributed by atoms with E-state index in [4.69, 9.17) is 0 Å². The maximum absolute atomic E-state index is 12.1. The summed E-state index contributed by atoms with van der Waals surface area (Å²) in [5.74, 6) is -1.39. The van der Waals surface area contributed by atoms with Crippen LogP contribution >= 0.6 is 0 Å². The zero-order valence-electron chi connectivity index (χ0n) is 17.2. The van der Waals surface area contributed by atoms with Crippen molar-refractivity contribution in [2.45, 2.75) is 97.3 Å². The van der Waals surface area contributed by atoms with Gasteiger partial charge in [0.25, 0.3) is 0 Å². The molecule has 0 aromatic heterocycles. The van der Waals surface area contributed by atoms with Gasteiger partial charge in [-0.25, -0.2) is 0 Å². The molecule has 0 spiro atoms. The van der Waals surface area contributed by atoms with Gasteiger partial charge in [-0.15, -0.1) is 6.58 Å². The number of hydrogen-bond acceptors (Lipinski definition) is 2. The number of carboxylic acid groups (broad SMARTS) is 1. The maximum Gasteiger partial charge on any atom is 0.307 e. The molecule has 0 radical (unpaired) electrons. The van der Waals surface area contributed by atoms with E-state index in [1.807, 2.05) is 19.9 Å². The van der Waals surface area contributed by atoms with Gasteiger partial charge in [0.2, 0.25) is 5.91 Å². The third-order valence-electron chi connectivity index (χ3n) is 5.10. The molecule has 1 unspecified atom stereocenters. The summed E-state index contributed by atoms with van der Waals surface area (Å²) in [6.07, 6.45) is 16.1. The first kappa shape index (κ1) is 24.7. The predicted octanol–water partition coefficient (Wildman–Crippen LogP) is 5.81. The van der Waals surface area contributed by atoms with Gasteiger partial charge in [0.1, 0.15) is 0 Å². The quantitative estimate of drug-likeness (QED) is 0.245. The Morgan fingerprint density at radius 2 is 1.35 bits per heavy atom. The Kier molecular flexibility index (Phi) is 16.2.